The van der Waals surface area contributed by atoms with E-state index in [1.165, 1.54) is 25.2 Å². The fraction of sp³-hybridized carbons (Fsp3) is 0.481. The molecule has 0 aliphatic carbocycles. The van der Waals surface area contributed by atoms with Gasteiger partial charge in [0.05, 0.1) is 26.2 Å². The number of carbonyl (C=O) groups excluding carboxylic acids is 2. The van der Waals surface area contributed by atoms with E-state index in [2.05, 4.69) is 5.32 Å². The summed E-state index contributed by atoms with van der Waals surface area (Å²) < 4.78 is 37.4. The average Bonchev–Trinajstić information content (AvgIpc) is 2.86. The summed E-state index contributed by atoms with van der Waals surface area (Å²) in [5, 5.41) is 2.96. The molecule has 1 N–H and O–H groups in total. The lowest BCUT2D eigenvalue weighted by molar-refractivity contribution is -0.140. The van der Waals surface area contributed by atoms with Gasteiger partial charge in [-0.3, -0.25) is 13.9 Å². The minimum atomic E-state index is -3.91. The van der Waals surface area contributed by atoms with Crippen LogP contribution in [0.2, 0.25) is 0 Å². The van der Waals surface area contributed by atoms with E-state index in [0.717, 1.165) is 28.1 Å². The van der Waals surface area contributed by atoms with Crippen LogP contribution >= 0.6 is 0 Å². The van der Waals surface area contributed by atoms with Crippen LogP contribution in [-0.2, 0) is 26.2 Å². The quantitative estimate of drug-likeness (QED) is 0.423. The van der Waals surface area contributed by atoms with Crippen LogP contribution in [0.5, 0.6) is 11.5 Å². The molecule has 2 aromatic carbocycles. The first-order valence-electron chi connectivity index (χ1n) is 12.3. The Hall–Kier alpha value is -3.27. The van der Waals surface area contributed by atoms with Crippen LogP contribution in [0.3, 0.4) is 0 Å². The summed E-state index contributed by atoms with van der Waals surface area (Å²) in [7, 11) is -1.02. The molecule has 10 heteroatoms. The van der Waals surface area contributed by atoms with E-state index in [-0.39, 0.29) is 29.9 Å². The van der Waals surface area contributed by atoms with Crippen molar-refractivity contribution in [3.63, 3.8) is 0 Å². The van der Waals surface area contributed by atoms with Gasteiger partial charge in [0.2, 0.25) is 21.8 Å². The molecule has 2 amide bonds. The van der Waals surface area contributed by atoms with Gasteiger partial charge in [0, 0.05) is 18.7 Å². The van der Waals surface area contributed by atoms with Gasteiger partial charge >= 0.3 is 0 Å². The molecule has 0 bridgehead atoms. The predicted molar refractivity (Wildman–Crippen MR) is 145 cm³/mol. The van der Waals surface area contributed by atoms with Crippen LogP contribution < -0.4 is 19.1 Å². The van der Waals surface area contributed by atoms with Crippen LogP contribution in [0.4, 0.5) is 5.69 Å². The molecule has 2 rings (SSSR count). The summed E-state index contributed by atoms with van der Waals surface area (Å²) in [5.41, 5.74) is 2.07. The molecule has 0 saturated carbocycles. The van der Waals surface area contributed by atoms with Gasteiger partial charge in [0.25, 0.3) is 0 Å². The normalized spacial score (nSPS) is 12.8. The number of carbonyl (C=O) groups is 2. The number of hydrogen-bond acceptors (Lipinski definition) is 6. The molecule has 2 atom stereocenters. The van der Waals surface area contributed by atoms with Crippen molar-refractivity contribution in [2.45, 2.75) is 59.2 Å². The van der Waals surface area contributed by atoms with E-state index in [0.29, 0.717) is 12.2 Å². The van der Waals surface area contributed by atoms with Crippen LogP contribution in [0.1, 0.15) is 44.7 Å². The number of sulfonamides is 1. The fourth-order valence-electron chi connectivity index (χ4n) is 3.84. The third-order valence-corrected chi connectivity index (χ3v) is 7.32. The molecule has 0 spiro atoms. The molecule has 0 fully saturated rings. The number of anilines is 1. The first-order valence-corrected chi connectivity index (χ1v) is 14.1. The van der Waals surface area contributed by atoms with Crippen molar-refractivity contribution in [2.24, 2.45) is 0 Å². The Morgan fingerprint density at radius 1 is 1.00 bits per heavy atom. The van der Waals surface area contributed by atoms with Gasteiger partial charge in [0.1, 0.15) is 24.1 Å². The lowest BCUT2D eigenvalue weighted by Gasteiger charge is -2.33. The number of nitrogens with one attached hydrogen (secondary N) is 1. The minimum absolute atomic E-state index is 0.0635. The second-order valence-corrected chi connectivity index (χ2v) is 11.0. The highest BCUT2D eigenvalue weighted by Gasteiger charge is 2.33. The number of benzene rings is 2. The van der Waals surface area contributed by atoms with Gasteiger partial charge in [-0.25, -0.2) is 8.42 Å². The lowest BCUT2D eigenvalue weighted by atomic mass is 10.1. The SMILES string of the molecule is CC[C@H](C(=O)N[C@@H](C)CC)N(Cc1ccc(C)cc1)C(=O)CN(c1cc(OC)ccc1OC)S(C)(=O)=O. The van der Waals surface area contributed by atoms with Crippen LogP contribution in [0.15, 0.2) is 42.5 Å². The van der Waals surface area contributed by atoms with E-state index in [1.54, 1.807) is 12.1 Å². The summed E-state index contributed by atoms with van der Waals surface area (Å²) in [5.74, 6) is -0.109. The van der Waals surface area contributed by atoms with E-state index in [4.69, 9.17) is 9.47 Å². The Morgan fingerprint density at radius 2 is 1.65 bits per heavy atom. The summed E-state index contributed by atoms with van der Waals surface area (Å²) in [6.45, 7) is 7.30. The molecule has 0 radical (unpaired) electrons. The van der Waals surface area contributed by atoms with Crippen molar-refractivity contribution in [1.29, 1.82) is 0 Å². The number of aryl methyl sites for hydroxylation is 1. The molecule has 2 aromatic rings. The van der Waals surface area contributed by atoms with Crippen molar-refractivity contribution in [2.75, 3.05) is 31.3 Å². The standard InChI is InChI=1S/C27H39N3O6S/c1-8-20(4)28-27(32)23(9-2)29(17-21-12-10-19(3)11-13-21)26(31)18-30(37(7,33)34)24-16-22(35-5)14-15-25(24)36-6/h10-16,20,23H,8-9,17-18H2,1-7H3,(H,28,32)/t20-,23+/m0/s1. The fourth-order valence-corrected chi connectivity index (χ4v) is 4.68. The topological polar surface area (TPSA) is 105 Å². The van der Waals surface area contributed by atoms with Gasteiger partial charge < -0.3 is 19.7 Å². The first-order chi connectivity index (χ1) is 17.4. The zero-order valence-electron chi connectivity index (χ0n) is 22.8. The smallest absolute Gasteiger partial charge is 0.244 e. The zero-order chi connectivity index (χ0) is 27.8. The monoisotopic (exact) mass is 533 g/mol. The Morgan fingerprint density at radius 3 is 2.16 bits per heavy atom. The molecule has 0 unspecified atom stereocenters. The molecule has 0 aliphatic heterocycles. The van der Waals surface area contributed by atoms with Crippen LogP contribution in [0, 0.1) is 6.92 Å². The number of ether oxygens (including phenoxy) is 2. The third-order valence-electron chi connectivity index (χ3n) is 6.19. The summed E-state index contributed by atoms with van der Waals surface area (Å²) in [6, 6.07) is 11.5. The van der Waals surface area contributed by atoms with Crippen molar-refractivity contribution >= 4 is 27.5 Å². The highest BCUT2D eigenvalue weighted by molar-refractivity contribution is 7.92. The highest BCUT2D eigenvalue weighted by Crippen LogP contribution is 2.34. The predicted octanol–water partition coefficient (Wildman–Crippen LogP) is 3.50. The zero-order valence-corrected chi connectivity index (χ0v) is 23.6. The number of amides is 2. The Kier molecular flexibility index (Phi) is 10.8. The number of hydrogen-bond donors (Lipinski definition) is 1. The molecule has 9 nitrogen and oxygen atoms in total. The largest absolute Gasteiger partial charge is 0.497 e. The first kappa shape index (κ1) is 30.0. The third kappa shape index (κ3) is 8.11. The summed E-state index contributed by atoms with van der Waals surface area (Å²) >= 11 is 0. The van der Waals surface area contributed by atoms with Gasteiger partial charge in [-0.2, -0.15) is 0 Å². The summed E-state index contributed by atoms with van der Waals surface area (Å²) in [6.07, 6.45) is 2.13. The van der Waals surface area contributed by atoms with Crippen LogP contribution in [-0.4, -0.2) is 64.2 Å². The van der Waals surface area contributed by atoms with Gasteiger partial charge in [-0.15, -0.1) is 0 Å². The van der Waals surface area contributed by atoms with Crippen molar-refractivity contribution in [3.05, 3.63) is 53.6 Å². The highest BCUT2D eigenvalue weighted by atomic mass is 32.2. The molecule has 0 saturated heterocycles. The molecule has 0 aliphatic rings. The lowest BCUT2D eigenvalue weighted by Crippen LogP contribution is -2.53. The molecule has 37 heavy (non-hydrogen) atoms. The second-order valence-electron chi connectivity index (χ2n) is 9.06. The maximum atomic E-state index is 13.8. The molecular formula is C27H39N3O6S. The Bertz CT molecular complexity index is 1170. The Labute approximate surface area is 220 Å². The maximum Gasteiger partial charge on any atom is 0.244 e. The average molecular weight is 534 g/mol. The van der Waals surface area contributed by atoms with E-state index < -0.39 is 28.5 Å². The second kappa shape index (κ2) is 13.3. The Balaban J connectivity index is 2.52. The number of methoxy groups -OCH3 is 2. The van der Waals surface area contributed by atoms with Gasteiger partial charge in [-0.1, -0.05) is 43.7 Å². The van der Waals surface area contributed by atoms with Crippen LogP contribution in [0.25, 0.3) is 0 Å². The molecule has 0 heterocycles. The van der Waals surface area contributed by atoms with Gasteiger partial charge in [-0.05, 0) is 44.4 Å². The minimum Gasteiger partial charge on any atom is -0.497 e. The number of rotatable bonds is 13. The van der Waals surface area contributed by atoms with Crippen molar-refractivity contribution in [1.82, 2.24) is 10.2 Å². The molecular weight excluding hydrogens is 494 g/mol. The molecule has 204 valence electrons. The summed E-state index contributed by atoms with van der Waals surface area (Å²) in [4.78, 5) is 28.5. The van der Waals surface area contributed by atoms with E-state index in [1.807, 2.05) is 52.0 Å². The van der Waals surface area contributed by atoms with E-state index >= 15 is 0 Å². The van der Waals surface area contributed by atoms with E-state index in [9.17, 15) is 18.0 Å². The number of nitrogens with zero attached hydrogens (tertiary/aromatic N) is 2. The maximum absolute atomic E-state index is 13.8. The van der Waals surface area contributed by atoms with Gasteiger partial charge in [0.15, 0.2) is 0 Å². The van der Waals surface area contributed by atoms with Crippen molar-refractivity contribution in [3.8, 4) is 11.5 Å². The molecule has 0 aromatic heterocycles. The van der Waals surface area contributed by atoms with Crippen molar-refractivity contribution < 1.29 is 27.5 Å².